The maximum absolute atomic E-state index is 9.51. The number of nitrogens with zero attached hydrogens (tertiary/aromatic N) is 1. The monoisotopic (exact) mass is 305 g/mol. The number of furan rings is 1. The summed E-state index contributed by atoms with van der Waals surface area (Å²) in [5.41, 5.74) is 1.29. The molecule has 0 N–H and O–H groups in total. The molecule has 0 aliphatic heterocycles. The van der Waals surface area contributed by atoms with E-state index < -0.39 is 0 Å². The summed E-state index contributed by atoms with van der Waals surface area (Å²) in [6.45, 7) is 0. The molecule has 0 saturated heterocycles. The van der Waals surface area contributed by atoms with Crippen LogP contribution in [0, 0.1) is 11.3 Å². The fraction of sp³-hybridized carbons (Fsp3) is 0.105. The van der Waals surface area contributed by atoms with Gasteiger partial charge < -0.3 is 13.9 Å². The zero-order valence-electron chi connectivity index (χ0n) is 12.9. The van der Waals surface area contributed by atoms with Crippen molar-refractivity contribution < 1.29 is 13.9 Å². The molecule has 4 nitrogen and oxygen atoms in total. The van der Waals surface area contributed by atoms with Gasteiger partial charge in [0.2, 0.25) is 0 Å². The van der Waals surface area contributed by atoms with Gasteiger partial charge in [-0.05, 0) is 23.8 Å². The van der Waals surface area contributed by atoms with Crippen LogP contribution in [0.15, 0.2) is 53.1 Å². The lowest BCUT2D eigenvalue weighted by Crippen LogP contribution is -1.90. The van der Waals surface area contributed by atoms with Crippen LogP contribution in [-0.2, 0) is 0 Å². The average molecular weight is 305 g/mol. The zero-order valence-corrected chi connectivity index (χ0v) is 12.9. The lowest BCUT2D eigenvalue weighted by molar-refractivity contribution is 0.355. The van der Waals surface area contributed by atoms with Crippen LogP contribution in [0.1, 0.15) is 11.3 Å². The van der Waals surface area contributed by atoms with Crippen molar-refractivity contribution in [1.29, 1.82) is 5.26 Å². The Kier molecular flexibility index (Phi) is 4.03. The van der Waals surface area contributed by atoms with E-state index in [0.29, 0.717) is 22.8 Å². The number of hydrogen-bond donors (Lipinski definition) is 0. The molecule has 0 radical (unpaired) electrons. The van der Waals surface area contributed by atoms with Gasteiger partial charge in [-0.2, -0.15) is 5.26 Å². The van der Waals surface area contributed by atoms with Gasteiger partial charge in [0.1, 0.15) is 6.07 Å². The van der Waals surface area contributed by atoms with E-state index >= 15 is 0 Å². The largest absolute Gasteiger partial charge is 0.493 e. The number of rotatable bonds is 4. The molecule has 3 aromatic rings. The van der Waals surface area contributed by atoms with Gasteiger partial charge in [0.05, 0.1) is 26.1 Å². The van der Waals surface area contributed by atoms with E-state index in [4.69, 9.17) is 13.9 Å². The van der Waals surface area contributed by atoms with Crippen LogP contribution < -0.4 is 9.47 Å². The maximum atomic E-state index is 9.51. The van der Waals surface area contributed by atoms with Crippen molar-refractivity contribution in [2.45, 2.75) is 0 Å². The standard InChI is InChI=1S/C19H15NO3/c1-21-17-8-7-13(10-18(17)22-2)9-15(11-20)19-16-6-4-3-5-14(16)12-23-19/h3-10,12H,1-2H3/b15-9-. The van der Waals surface area contributed by atoms with Gasteiger partial charge in [-0.3, -0.25) is 0 Å². The second-order valence-corrected chi connectivity index (χ2v) is 4.94. The summed E-state index contributed by atoms with van der Waals surface area (Å²) in [5, 5.41) is 11.4. The van der Waals surface area contributed by atoms with Crippen molar-refractivity contribution >= 4 is 22.4 Å². The predicted octanol–water partition coefficient (Wildman–Crippen LogP) is 4.51. The molecule has 1 aromatic heterocycles. The number of fused-ring (bicyclic) bond motifs is 1. The lowest BCUT2D eigenvalue weighted by atomic mass is 10.1. The Bertz CT molecular complexity index is 916. The first-order valence-corrected chi connectivity index (χ1v) is 7.07. The third kappa shape index (κ3) is 2.77. The molecule has 0 aliphatic carbocycles. The second-order valence-electron chi connectivity index (χ2n) is 4.94. The molecule has 2 aromatic carbocycles. The van der Waals surface area contributed by atoms with E-state index in [2.05, 4.69) is 6.07 Å². The highest BCUT2D eigenvalue weighted by Gasteiger charge is 2.11. The second kappa shape index (κ2) is 6.29. The smallest absolute Gasteiger partial charge is 0.161 e. The molecule has 4 heteroatoms. The van der Waals surface area contributed by atoms with Crippen LogP contribution in [-0.4, -0.2) is 14.2 Å². The first kappa shape index (κ1) is 14.7. The molecule has 0 amide bonds. The number of nitriles is 1. The first-order chi connectivity index (χ1) is 11.3. The Balaban J connectivity index is 2.08. The summed E-state index contributed by atoms with van der Waals surface area (Å²) >= 11 is 0. The van der Waals surface area contributed by atoms with Crippen LogP contribution in [0.5, 0.6) is 11.5 Å². The number of allylic oxidation sites excluding steroid dienone is 1. The minimum atomic E-state index is 0.457. The van der Waals surface area contributed by atoms with E-state index in [9.17, 15) is 5.26 Å². The van der Waals surface area contributed by atoms with Gasteiger partial charge >= 0.3 is 0 Å². The van der Waals surface area contributed by atoms with E-state index in [1.807, 2.05) is 36.4 Å². The summed E-state index contributed by atoms with van der Waals surface area (Å²) in [4.78, 5) is 0. The van der Waals surface area contributed by atoms with E-state index in [1.165, 1.54) is 0 Å². The molecular weight excluding hydrogens is 290 g/mol. The van der Waals surface area contributed by atoms with E-state index in [0.717, 1.165) is 16.3 Å². The van der Waals surface area contributed by atoms with Gasteiger partial charge in [-0.1, -0.05) is 30.3 Å². The third-order valence-electron chi connectivity index (χ3n) is 3.59. The zero-order chi connectivity index (χ0) is 16.2. The molecule has 3 rings (SSSR count). The normalized spacial score (nSPS) is 11.3. The van der Waals surface area contributed by atoms with Crippen LogP contribution in [0.3, 0.4) is 0 Å². The van der Waals surface area contributed by atoms with Crippen molar-refractivity contribution in [2.75, 3.05) is 14.2 Å². The van der Waals surface area contributed by atoms with Gasteiger partial charge in [-0.25, -0.2) is 0 Å². The van der Waals surface area contributed by atoms with Gasteiger partial charge in [0.25, 0.3) is 0 Å². The Morgan fingerprint density at radius 2 is 1.87 bits per heavy atom. The van der Waals surface area contributed by atoms with Crippen LogP contribution in [0.2, 0.25) is 0 Å². The summed E-state index contributed by atoms with van der Waals surface area (Å²) in [7, 11) is 3.17. The Hall–Kier alpha value is -3.19. The molecule has 0 fully saturated rings. The van der Waals surface area contributed by atoms with Crippen LogP contribution >= 0.6 is 0 Å². The molecule has 0 unspecified atom stereocenters. The van der Waals surface area contributed by atoms with Gasteiger partial charge in [0, 0.05) is 10.8 Å². The molecule has 23 heavy (non-hydrogen) atoms. The van der Waals surface area contributed by atoms with Crippen LogP contribution in [0.25, 0.3) is 22.4 Å². The van der Waals surface area contributed by atoms with Crippen LogP contribution in [0.4, 0.5) is 0 Å². The Morgan fingerprint density at radius 3 is 2.61 bits per heavy atom. The molecule has 0 aliphatic rings. The van der Waals surface area contributed by atoms with Crippen molar-refractivity contribution in [2.24, 2.45) is 0 Å². The number of methoxy groups -OCH3 is 2. The van der Waals surface area contributed by atoms with Crippen molar-refractivity contribution in [1.82, 2.24) is 0 Å². The fourth-order valence-electron chi connectivity index (χ4n) is 2.46. The third-order valence-corrected chi connectivity index (χ3v) is 3.59. The molecule has 114 valence electrons. The molecule has 0 saturated carbocycles. The topological polar surface area (TPSA) is 55.4 Å². The number of benzene rings is 2. The number of ether oxygens (including phenoxy) is 2. The molecule has 1 heterocycles. The summed E-state index contributed by atoms with van der Waals surface area (Å²) < 4.78 is 16.1. The predicted molar refractivity (Wildman–Crippen MR) is 89.2 cm³/mol. The summed E-state index contributed by atoms with van der Waals surface area (Å²) in [6, 6.07) is 15.4. The lowest BCUT2D eigenvalue weighted by Gasteiger charge is -2.07. The number of hydrogen-bond acceptors (Lipinski definition) is 4. The van der Waals surface area contributed by atoms with Crippen molar-refractivity contribution in [3.05, 3.63) is 60.1 Å². The maximum Gasteiger partial charge on any atom is 0.161 e. The highest BCUT2D eigenvalue weighted by atomic mass is 16.5. The molecule has 0 atom stereocenters. The fourth-order valence-corrected chi connectivity index (χ4v) is 2.46. The molecule has 0 spiro atoms. The van der Waals surface area contributed by atoms with E-state index in [-0.39, 0.29) is 0 Å². The van der Waals surface area contributed by atoms with Gasteiger partial charge in [-0.15, -0.1) is 0 Å². The highest BCUT2D eigenvalue weighted by Crippen LogP contribution is 2.31. The Morgan fingerprint density at radius 1 is 1.09 bits per heavy atom. The summed E-state index contributed by atoms with van der Waals surface area (Å²) in [5.74, 6) is 1.83. The SMILES string of the molecule is COc1ccc(/C=C(/C#N)c2occ3ccccc23)cc1OC. The minimum Gasteiger partial charge on any atom is -0.493 e. The molecule has 0 bridgehead atoms. The Labute approximate surface area is 134 Å². The minimum absolute atomic E-state index is 0.457. The van der Waals surface area contributed by atoms with Crippen molar-refractivity contribution in [3.8, 4) is 17.6 Å². The highest BCUT2D eigenvalue weighted by molar-refractivity contribution is 5.99. The first-order valence-electron chi connectivity index (χ1n) is 7.07. The average Bonchev–Trinajstić information content (AvgIpc) is 3.03. The quantitative estimate of drug-likeness (QED) is 0.665. The molecular formula is C19H15NO3. The van der Waals surface area contributed by atoms with E-state index in [1.54, 1.807) is 32.6 Å². The summed E-state index contributed by atoms with van der Waals surface area (Å²) in [6.07, 6.45) is 3.43. The van der Waals surface area contributed by atoms with Crippen molar-refractivity contribution in [3.63, 3.8) is 0 Å². The van der Waals surface area contributed by atoms with Gasteiger partial charge in [0.15, 0.2) is 17.3 Å².